The Kier molecular flexibility index (Phi) is 4.55. The number of ether oxygens (including phenoxy) is 1. The Morgan fingerprint density at radius 2 is 1.95 bits per heavy atom. The number of para-hydroxylation sites is 2. The van der Waals surface area contributed by atoms with E-state index in [1.807, 2.05) is 6.07 Å². The Balaban J connectivity index is 2.31. The van der Waals surface area contributed by atoms with Gasteiger partial charge in [0.25, 0.3) is 0 Å². The lowest BCUT2D eigenvalue weighted by Gasteiger charge is -2.08. The molecule has 0 aliphatic heterocycles. The predicted octanol–water partition coefficient (Wildman–Crippen LogP) is 5.04. The molecule has 0 radical (unpaired) electrons. The van der Waals surface area contributed by atoms with Crippen LogP contribution in [-0.4, -0.2) is 4.92 Å². The largest absolute Gasteiger partial charge is 0.450 e. The maximum absolute atomic E-state index is 10.9. The fraction of sp³-hybridized carbons (Fsp3) is 0.0769. The Morgan fingerprint density at radius 3 is 2.58 bits per heavy atom. The van der Waals surface area contributed by atoms with Crippen molar-refractivity contribution in [2.45, 2.75) is 5.33 Å². The topological polar surface area (TPSA) is 52.4 Å². The van der Waals surface area contributed by atoms with Crippen LogP contribution in [0, 0.1) is 10.1 Å². The minimum Gasteiger partial charge on any atom is -0.450 e. The van der Waals surface area contributed by atoms with Gasteiger partial charge in [-0.25, -0.2) is 0 Å². The molecule has 0 atom stereocenters. The van der Waals surface area contributed by atoms with Crippen molar-refractivity contribution in [3.8, 4) is 11.5 Å². The summed E-state index contributed by atoms with van der Waals surface area (Å²) in [4.78, 5) is 10.4. The SMILES string of the molecule is O=[N+]([O-])c1ccccc1Oc1ccc(CBr)c(Br)c1. The Bertz CT molecular complexity index is 617. The second kappa shape index (κ2) is 6.16. The molecule has 0 N–H and O–H groups in total. The van der Waals surface area contributed by atoms with E-state index < -0.39 is 4.92 Å². The molecule has 2 aromatic carbocycles. The zero-order chi connectivity index (χ0) is 13.8. The molecule has 0 saturated heterocycles. The molecule has 4 nitrogen and oxygen atoms in total. The standard InChI is InChI=1S/C13H9Br2NO3/c14-8-9-5-6-10(7-11(9)15)19-13-4-2-1-3-12(13)16(17)18/h1-7H,8H2. The number of hydrogen-bond acceptors (Lipinski definition) is 3. The molecule has 0 aromatic heterocycles. The average molecular weight is 387 g/mol. The number of benzene rings is 2. The normalized spacial score (nSPS) is 10.2. The van der Waals surface area contributed by atoms with Gasteiger partial charge in [0.15, 0.2) is 0 Å². The van der Waals surface area contributed by atoms with Crippen molar-refractivity contribution >= 4 is 37.5 Å². The summed E-state index contributed by atoms with van der Waals surface area (Å²) in [5.41, 5.74) is 1.03. The number of nitrogens with zero attached hydrogens (tertiary/aromatic N) is 1. The summed E-state index contributed by atoms with van der Waals surface area (Å²) in [5, 5.41) is 11.6. The second-order valence-corrected chi connectivity index (χ2v) is 5.13. The summed E-state index contributed by atoms with van der Waals surface area (Å²) in [7, 11) is 0. The summed E-state index contributed by atoms with van der Waals surface area (Å²) < 4.78 is 6.45. The van der Waals surface area contributed by atoms with Gasteiger partial charge in [-0.3, -0.25) is 10.1 Å². The monoisotopic (exact) mass is 385 g/mol. The van der Waals surface area contributed by atoms with Gasteiger partial charge in [0.2, 0.25) is 5.75 Å². The fourth-order valence-electron chi connectivity index (χ4n) is 1.52. The van der Waals surface area contributed by atoms with Crippen molar-refractivity contribution in [1.29, 1.82) is 0 Å². The average Bonchev–Trinajstić information content (AvgIpc) is 2.39. The number of hydrogen-bond donors (Lipinski definition) is 0. The third kappa shape index (κ3) is 3.33. The van der Waals surface area contributed by atoms with Crippen LogP contribution in [0.4, 0.5) is 5.69 Å². The van der Waals surface area contributed by atoms with Gasteiger partial charge < -0.3 is 4.74 Å². The zero-order valence-corrected chi connectivity index (χ0v) is 12.8. The summed E-state index contributed by atoms with van der Waals surface area (Å²) in [6.07, 6.45) is 0. The molecular formula is C13H9Br2NO3. The molecule has 19 heavy (non-hydrogen) atoms. The van der Waals surface area contributed by atoms with Crippen molar-refractivity contribution in [2.75, 3.05) is 0 Å². The van der Waals surface area contributed by atoms with Crippen LogP contribution in [0.15, 0.2) is 46.9 Å². The van der Waals surface area contributed by atoms with E-state index in [0.717, 1.165) is 15.4 Å². The van der Waals surface area contributed by atoms with Crippen molar-refractivity contribution in [3.05, 3.63) is 62.6 Å². The number of nitro benzene ring substituents is 1. The maximum atomic E-state index is 10.9. The van der Waals surface area contributed by atoms with Gasteiger partial charge in [-0.05, 0) is 23.8 Å². The molecule has 0 unspecified atom stereocenters. The van der Waals surface area contributed by atoms with Crippen molar-refractivity contribution < 1.29 is 9.66 Å². The first-order valence-corrected chi connectivity index (χ1v) is 7.29. The molecule has 0 heterocycles. The summed E-state index contributed by atoms with van der Waals surface area (Å²) in [5.74, 6) is 0.775. The highest BCUT2D eigenvalue weighted by molar-refractivity contribution is 9.10. The Hall–Kier alpha value is -1.40. The smallest absolute Gasteiger partial charge is 0.311 e. The fourth-order valence-corrected chi connectivity index (χ4v) is 2.88. The molecule has 0 amide bonds. The van der Waals surface area contributed by atoms with E-state index in [-0.39, 0.29) is 11.4 Å². The Labute approximate surface area is 126 Å². The molecule has 0 aliphatic carbocycles. The van der Waals surface area contributed by atoms with E-state index in [1.165, 1.54) is 6.07 Å². The first kappa shape index (κ1) is 14.0. The summed E-state index contributed by atoms with van der Waals surface area (Å²) in [6, 6.07) is 11.7. The number of halogens is 2. The summed E-state index contributed by atoms with van der Waals surface area (Å²) in [6.45, 7) is 0. The molecule has 6 heteroatoms. The minimum absolute atomic E-state index is 0.0526. The number of nitro groups is 1. The van der Waals surface area contributed by atoms with Crippen LogP contribution in [-0.2, 0) is 5.33 Å². The molecule has 0 spiro atoms. The molecule has 0 saturated carbocycles. The molecule has 98 valence electrons. The van der Waals surface area contributed by atoms with Crippen molar-refractivity contribution in [1.82, 2.24) is 0 Å². The van der Waals surface area contributed by atoms with Crippen LogP contribution in [0.2, 0.25) is 0 Å². The lowest BCUT2D eigenvalue weighted by Crippen LogP contribution is -1.93. The highest BCUT2D eigenvalue weighted by Crippen LogP contribution is 2.33. The molecule has 0 aliphatic rings. The van der Waals surface area contributed by atoms with Crippen LogP contribution >= 0.6 is 31.9 Å². The highest BCUT2D eigenvalue weighted by atomic mass is 79.9. The van der Waals surface area contributed by atoms with Gasteiger partial charge in [0.05, 0.1) is 4.92 Å². The van der Waals surface area contributed by atoms with E-state index in [0.29, 0.717) is 5.75 Å². The molecule has 2 aromatic rings. The van der Waals surface area contributed by atoms with E-state index in [4.69, 9.17) is 4.74 Å². The maximum Gasteiger partial charge on any atom is 0.311 e. The first-order chi connectivity index (χ1) is 9.11. The predicted molar refractivity (Wildman–Crippen MR) is 79.9 cm³/mol. The first-order valence-electron chi connectivity index (χ1n) is 5.37. The van der Waals surface area contributed by atoms with Gasteiger partial charge in [-0.2, -0.15) is 0 Å². The lowest BCUT2D eigenvalue weighted by atomic mass is 10.2. The minimum atomic E-state index is -0.461. The van der Waals surface area contributed by atoms with Crippen LogP contribution in [0.3, 0.4) is 0 Å². The van der Waals surface area contributed by atoms with Gasteiger partial charge in [0, 0.05) is 15.9 Å². The zero-order valence-electron chi connectivity index (χ0n) is 9.68. The van der Waals surface area contributed by atoms with Crippen LogP contribution in [0.5, 0.6) is 11.5 Å². The quantitative estimate of drug-likeness (QED) is 0.420. The van der Waals surface area contributed by atoms with Gasteiger partial charge >= 0.3 is 5.69 Å². The van der Waals surface area contributed by atoms with E-state index in [1.54, 1.807) is 30.3 Å². The van der Waals surface area contributed by atoms with E-state index in [2.05, 4.69) is 31.9 Å². The van der Waals surface area contributed by atoms with Crippen LogP contribution in [0.25, 0.3) is 0 Å². The lowest BCUT2D eigenvalue weighted by molar-refractivity contribution is -0.385. The molecule has 0 bridgehead atoms. The van der Waals surface area contributed by atoms with Gasteiger partial charge in [-0.1, -0.05) is 50.1 Å². The molecular weight excluding hydrogens is 378 g/mol. The Morgan fingerprint density at radius 1 is 1.21 bits per heavy atom. The molecule has 2 rings (SSSR count). The van der Waals surface area contributed by atoms with Gasteiger partial charge in [-0.15, -0.1) is 0 Å². The number of alkyl halides is 1. The molecule has 0 fully saturated rings. The second-order valence-electron chi connectivity index (χ2n) is 3.71. The van der Waals surface area contributed by atoms with Crippen molar-refractivity contribution in [3.63, 3.8) is 0 Å². The third-order valence-corrected chi connectivity index (χ3v) is 3.80. The third-order valence-electron chi connectivity index (χ3n) is 2.46. The van der Waals surface area contributed by atoms with Crippen LogP contribution in [0.1, 0.15) is 5.56 Å². The van der Waals surface area contributed by atoms with Gasteiger partial charge in [0.1, 0.15) is 5.75 Å². The van der Waals surface area contributed by atoms with E-state index in [9.17, 15) is 10.1 Å². The van der Waals surface area contributed by atoms with E-state index >= 15 is 0 Å². The van der Waals surface area contributed by atoms with Crippen LogP contribution < -0.4 is 4.74 Å². The number of rotatable bonds is 4. The highest BCUT2D eigenvalue weighted by Gasteiger charge is 2.14. The van der Waals surface area contributed by atoms with Crippen molar-refractivity contribution in [2.24, 2.45) is 0 Å². The summed E-state index contributed by atoms with van der Waals surface area (Å²) >= 11 is 6.79.